The smallest absolute Gasteiger partial charge is 0.370 e. The van der Waals surface area contributed by atoms with Gasteiger partial charge in [0.15, 0.2) is 5.69 Å². The summed E-state index contributed by atoms with van der Waals surface area (Å²) in [6.07, 6.45) is -2.74. The number of aryl methyl sites for hydroxylation is 1. The number of aromatic nitrogens is 2. The van der Waals surface area contributed by atoms with E-state index < -0.39 is 28.8 Å². The molecule has 0 atom stereocenters. The van der Waals surface area contributed by atoms with Crippen LogP contribution in [0.3, 0.4) is 0 Å². The Morgan fingerprint density at radius 3 is 2.38 bits per heavy atom. The van der Waals surface area contributed by atoms with Crippen molar-refractivity contribution in [2.45, 2.75) is 25.9 Å². The summed E-state index contributed by atoms with van der Waals surface area (Å²) < 4.78 is 41.3. The Bertz CT molecular complexity index is 1200. The van der Waals surface area contributed by atoms with E-state index in [9.17, 15) is 22.8 Å². The molecule has 1 saturated heterocycles. The van der Waals surface area contributed by atoms with E-state index >= 15 is 0 Å². The van der Waals surface area contributed by atoms with Crippen molar-refractivity contribution in [1.29, 1.82) is 0 Å². The molecule has 1 aliphatic heterocycles. The van der Waals surface area contributed by atoms with Crippen LogP contribution < -0.4 is 15.6 Å². The first-order valence-electron chi connectivity index (χ1n) is 10.2. The highest BCUT2D eigenvalue weighted by molar-refractivity contribution is 6.04. The number of amides is 1. The molecule has 0 bridgehead atoms. The van der Waals surface area contributed by atoms with Crippen LogP contribution in [0, 0.1) is 6.92 Å². The van der Waals surface area contributed by atoms with E-state index in [4.69, 9.17) is 0 Å². The quantitative estimate of drug-likeness (QED) is 0.650. The Kier molecular flexibility index (Phi) is 5.73. The number of nitrogens with one attached hydrogen (secondary N) is 1. The van der Waals surface area contributed by atoms with Crippen molar-refractivity contribution in [2.75, 3.05) is 23.3 Å². The summed E-state index contributed by atoms with van der Waals surface area (Å²) >= 11 is 0. The standard InChI is InChI=1S/C23H21F3N4O2/c1-15-13-20(31)21(28-30(15)17-7-3-2-4-8-17)22(32)27-18-14-16(23(24,25)26)9-10-19(18)29-11-5-6-12-29/h2-4,7-10,13-14H,5-6,11-12H2,1H3,(H,27,32). The molecule has 4 rings (SSSR count). The van der Waals surface area contributed by atoms with Gasteiger partial charge in [0.25, 0.3) is 5.91 Å². The van der Waals surface area contributed by atoms with Crippen molar-refractivity contribution in [1.82, 2.24) is 9.78 Å². The van der Waals surface area contributed by atoms with Gasteiger partial charge in [0.05, 0.1) is 22.6 Å². The molecule has 0 aliphatic carbocycles. The molecule has 1 N–H and O–H groups in total. The van der Waals surface area contributed by atoms with Gasteiger partial charge in [0, 0.05) is 24.8 Å². The Hall–Kier alpha value is -3.62. The Balaban J connectivity index is 1.73. The third kappa shape index (κ3) is 4.37. The van der Waals surface area contributed by atoms with Gasteiger partial charge in [0.1, 0.15) is 0 Å². The molecule has 1 fully saturated rings. The van der Waals surface area contributed by atoms with Crippen LogP contribution in [0.2, 0.25) is 0 Å². The van der Waals surface area contributed by atoms with Crippen LogP contribution in [0.5, 0.6) is 0 Å². The number of carbonyl (C=O) groups is 1. The average Bonchev–Trinajstić information content (AvgIpc) is 3.28. The van der Waals surface area contributed by atoms with Crippen LogP contribution in [-0.2, 0) is 6.18 Å². The molecule has 0 saturated carbocycles. The first-order chi connectivity index (χ1) is 15.2. The molecule has 0 radical (unpaired) electrons. The van der Waals surface area contributed by atoms with E-state index in [-0.39, 0.29) is 5.69 Å². The minimum Gasteiger partial charge on any atom is -0.370 e. The predicted octanol–water partition coefficient (Wildman–Crippen LogP) is 4.41. The maximum Gasteiger partial charge on any atom is 0.416 e. The molecular formula is C23H21F3N4O2. The molecule has 1 amide bonds. The predicted molar refractivity (Wildman–Crippen MR) is 115 cm³/mol. The van der Waals surface area contributed by atoms with Crippen molar-refractivity contribution in [3.63, 3.8) is 0 Å². The molecule has 9 heteroatoms. The van der Waals surface area contributed by atoms with Crippen LogP contribution in [-0.4, -0.2) is 28.8 Å². The molecule has 0 spiro atoms. The van der Waals surface area contributed by atoms with Gasteiger partial charge < -0.3 is 10.2 Å². The fraction of sp³-hybridized carbons (Fsp3) is 0.261. The molecule has 2 heterocycles. The van der Waals surface area contributed by atoms with Gasteiger partial charge in [-0.3, -0.25) is 9.59 Å². The van der Waals surface area contributed by atoms with Gasteiger partial charge in [-0.05, 0) is 50.1 Å². The van der Waals surface area contributed by atoms with Gasteiger partial charge in [-0.1, -0.05) is 18.2 Å². The third-order valence-corrected chi connectivity index (χ3v) is 5.34. The molecule has 166 valence electrons. The third-order valence-electron chi connectivity index (χ3n) is 5.34. The highest BCUT2D eigenvalue weighted by atomic mass is 19.4. The second kappa shape index (κ2) is 8.49. The zero-order valence-electron chi connectivity index (χ0n) is 17.3. The summed E-state index contributed by atoms with van der Waals surface area (Å²) in [5.74, 6) is -0.862. The van der Waals surface area contributed by atoms with Gasteiger partial charge >= 0.3 is 6.18 Å². The number of hydrogen-bond donors (Lipinski definition) is 1. The normalized spacial score (nSPS) is 13.9. The monoisotopic (exact) mass is 442 g/mol. The number of halogens is 3. The van der Waals surface area contributed by atoms with Gasteiger partial charge in [0.2, 0.25) is 5.43 Å². The lowest BCUT2D eigenvalue weighted by molar-refractivity contribution is -0.137. The largest absolute Gasteiger partial charge is 0.416 e. The van der Waals surface area contributed by atoms with Crippen molar-refractivity contribution < 1.29 is 18.0 Å². The first-order valence-corrected chi connectivity index (χ1v) is 10.2. The molecule has 3 aromatic rings. The topological polar surface area (TPSA) is 67.2 Å². The lowest BCUT2D eigenvalue weighted by Gasteiger charge is -2.23. The lowest BCUT2D eigenvalue weighted by atomic mass is 10.1. The van der Waals surface area contributed by atoms with Crippen LogP contribution >= 0.6 is 0 Å². The number of alkyl halides is 3. The molecule has 2 aromatic carbocycles. The zero-order valence-corrected chi connectivity index (χ0v) is 17.3. The zero-order chi connectivity index (χ0) is 22.9. The minimum atomic E-state index is -4.56. The number of hydrogen-bond acceptors (Lipinski definition) is 4. The van der Waals surface area contributed by atoms with Gasteiger partial charge in [-0.15, -0.1) is 0 Å². The van der Waals surface area contributed by atoms with Crippen LogP contribution in [0.25, 0.3) is 5.69 Å². The summed E-state index contributed by atoms with van der Waals surface area (Å²) in [5.41, 5.74) is -0.231. The SMILES string of the molecule is Cc1cc(=O)c(C(=O)Nc2cc(C(F)(F)F)ccc2N2CCCC2)nn1-c1ccccc1. The second-order valence-electron chi connectivity index (χ2n) is 7.62. The van der Waals surface area contributed by atoms with Gasteiger partial charge in [-0.25, -0.2) is 4.68 Å². The highest BCUT2D eigenvalue weighted by Crippen LogP contribution is 2.36. The lowest BCUT2D eigenvalue weighted by Crippen LogP contribution is -2.28. The summed E-state index contributed by atoms with van der Waals surface area (Å²) in [5, 5.41) is 6.69. The maximum atomic E-state index is 13.3. The second-order valence-corrected chi connectivity index (χ2v) is 7.62. The summed E-state index contributed by atoms with van der Waals surface area (Å²) in [6.45, 7) is 3.04. The molecule has 0 unspecified atom stereocenters. The molecule has 32 heavy (non-hydrogen) atoms. The Morgan fingerprint density at radius 2 is 1.72 bits per heavy atom. The minimum absolute atomic E-state index is 0.000221. The number of benzene rings is 2. The van der Waals surface area contributed by atoms with E-state index in [1.54, 1.807) is 31.2 Å². The van der Waals surface area contributed by atoms with E-state index in [0.29, 0.717) is 30.2 Å². The number of anilines is 2. The van der Waals surface area contributed by atoms with Gasteiger partial charge in [-0.2, -0.15) is 18.3 Å². The van der Waals surface area contributed by atoms with Crippen LogP contribution in [0.15, 0.2) is 59.4 Å². The number of carbonyl (C=O) groups excluding carboxylic acids is 1. The van der Waals surface area contributed by atoms with Crippen molar-refractivity contribution in [3.05, 3.63) is 81.8 Å². The first kappa shape index (κ1) is 21.6. The molecule has 6 nitrogen and oxygen atoms in total. The van der Waals surface area contributed by atoms with Crippen molar-refractivity contribution in [2.24, 2.45) is 0 Å². The summed E-state index contributed by atoms with van der Waals surface area (Å²) in [6, 6.07) is 13.5. The van der Waals surface area contributed by atoms with Crippen molar-refractivity contribution >= 4 is 17.3 Å². The maximum absolute atomic E-state index is 13.3. The van der Waals surface area contributed by atoms with Crippen LogP contribution in [0.1, 0.15) is 34.6 Å². The fourth-order valence-corrected chi connectivity index (χ4v) is 3.76. The molecule has 1 aliphatic rings. The number of nitrogens with zero attached hydrogens (tertiary/aromatic N) is 3. The fourth-order valence-electron chi connectivity index (χ4n) is 3.76. The number of para-hydroxylation sites is 1. The summed E-state index contributed by atoms with van der Waals surface area (Å²) in [4.78, 5) is 27.4. The van der Waals surface area contributed by atoms with E-state index in [0.717, 1.165) is 25.0 Å². The molecule has 1 aromatic heterocycles. The Labute approximate surface area is 182 Å². The summed E-state index contributed by atoms with van der Waals surface area (Å²) in [7, 11) is 0. The van der Waals surface area contributed by atoms with E-state index in [1.807, 2.05) is 11.0 Å². The van der Waals surface area contributed by atoms with E-state index in [1.165, 1.54) is 16.8 Å². The highest BCUT2D eigenvalue weighted by Gasteiger charge is 2.32. The molecular weight excluding hydrogens is 421 g/mol. The van der Waals surface area contributed by atoms with Crippen LogP contribution in [0.4, 0.5) is 24.5 Å². The number of rotatable bonds is 4. The Morgan fingerprint density at radius 1 is 1.03 bits per heavy atom. The average molecular weight is 442 g/mol. The van der Waals surface area contributed by atoms with E-state index in [2.05, 4.69) is 10.4 Å². The van der Waals surface area contributed by atoms with Crippen molar-refractivity contribution in [3.8, 4) is 5.69 Å².